The fourth-order valence-electron chi connectivity index (χ4n) is 2.52. The Kier molecular flexibility index (Phi) is 4.30. The van der Waals surface area contributed by atoms with Crippen molar-refractivity contribution in [1.29, 1.82) is 0 Å². The highest BCUT2D eigenvalue weighted by Crippen LogP contribution is 2.28. The van der Waals surface area contributed by atoms with Gasteiger partial charge in [-0.3, -0.25) is 0 Å². The van der Waals surface area contributed by atoms with Gasteiger partial charge in [0.05, 0.1) is 18.4 Å². The summed E-state index contributed by atoms with van der Waals surface area (Å²) in [7, 11) is 1.55. The number of benzene rings is 1. The summed E-state index contributed by atoms with van der Waals surface area (Å²) < 4.78 is 10.7. The van der Waals surface area contributed by atoms with Gasteiger partial charge in [0.25, 0.3) is 0 Å². The molecule has 2 N–H and O–H groups in total. The Balaban J connectivity index is 2.05. The van der Waals surface area contributed by atoms with E-state index in [0.717, 1.165) is 19.3 Å². The van der Waals surface area contributed by atoms with Gasteiger partial charge in [0, 0.05) is 0 Å². The normalized spacial score (nSPS) is 22.8. The number of anilines is 1. The van der Waals surface area contributed by atoms with Crippen molar-refractivity contribution in [1.82, 2.24) is 0 Å². The van der Waals surface area contributed by atoms with E-state index in [1.807, 2.05) is 0 Å². The Hall–Kier alpha value is -1.71. The molecule has 2 rings (SSSR count). The van der Waals surface area contributed by atoms with Crippen LogP contribution < -0.4 is 10.5 Å². The predicted octanol–water partition coefficient (Wildman–Crippen LogP) is 3.01. The molecule has 1 aromatic rings. The second-order valence-corrected chi connectivity index (χ2v) is 5.16. The van der Waals surface area contributed by atoms with Gasteiger partial charge in [-0.15, -0.1) is 0 Å². The van der Waals surface area contributed by atoms with Crippen molar-refractivity contribution in [2.75, 3.05) is 12.8 Å². The second kappa shape index (κ2) is 5.95. The van der Waals surface area contributed by atoms with Gasteiger partial charge in [0.15, 0.2) is 0 Å². The van der Waals surface area contributed by atoms with Gasteiger partial charge in [0.2, 0.25) is 0 Å². The predicted molar refractivity (Wildman–Crippen MR) is 74.2 cm³/mol. The summed E-state index contributed by atoms with van der Waals surface area (Å²) in [4.78, 5) is 12.1. The smallest absolute Gasteiger partial charge is 0.338 e. The SMILES string of the molecule is COc1ccc(C(=O)OC2CCCCC2C)cc1N. The van der Waals surface area contributed by atoms with Gasteiger partial charge in [-0.1, -0.05) is 13.3 Å². The molecule has 1 aliphatic carbocycles. The summed E-state index contributed by atoms with van der Waals surface area (Å²) in [6.45, 7) is 2.14. The maximum atomic E-state index is 12.1. The van der Waals surface area contributed by atoms with Crippen molar-refractivity contribution < 1.29 is 14.3 Å². The van der Waals surface area contributed by atoms with Gasteiger partial charge in [-0.2, -0.15) is 0 Å². The minimum atomic E-state index is -0.298. The lowest BCUT2D eigenvalue weighted by atomic mass is 9.88. The number of ether oxygens (including phenoxy) is 2. The van der Waals surface area contributed by atoms with E-state index < -0.39 is 0 Å². The maximum absolute atomic E-state index is 12.1. The van der Waals surface area contributed by atoms with E-state index >= 15 is 0 Å². The third kappa shape index (κ3) is 3.19. The molecule has 1 fully saturated rings. The van der Waals surface area contributed by atoms with Crippen LogP contribution in [-0.2, 0) is 4.74 Å². The minimum absolute atomic E-state index is 0.0320. The highest BCUT2D eigenvalue weighted by molar-refractivity contribution is 5.91. The number of hydrogen-bond donors (Lipinski definition) is 1. The monoisotopic (exact) mass is 263 g/mol. The molecule has 1 aliphatic rings. The molecule has 4 heteroatoms. The zero-order valence-corrected chi connectivity index (χ0v) is 11.5. The molecule has 1 saturated carbocycles. The van der Waals surface area contributed by atoms with Crippen molar-refractivity contribution >= 4 is 11.7 Å². The third-order valence-electron chi connectivity index (χ3n) is 3.76. The number of carbonyl (C=O) groups excluding carboxylic acids is 1. The van der Waals surface area contributed by atoms with Gasteiger partial charge in [0.1, 0.15) is 11.9 Å². The standard InChI is InChI=1S/C15H21NO3/c1-10-5-3-4-6-13(10)19-15(17)11-7-8-14(18-2)12(16)9-11/h7-10,13H,3-6,16H2,1-2H3. The van der Waals surface area contributed by atoms with Crippen LogP contribution in [0.25, 0.3) is 0 Å². The van der Waals surface area contributed by atoms with Crippen LogP contribution in [0.3, 0.4) is 0 Å². The summed E-state index contributed by atoms with van der Waals surface area (Å²) in [5.41, 5.74) is 6.73. The molecule has 0 saturated heterocycles. The van der Waals surface area contributed by atoms with Gasteiger partial charge in [-0.05, 0) is 43.4 Å². The number of rotatable bonds is 3. The first-order valence-electron chi connectivity index (χ1n) is 6.76. The molecule has 0 aromatic heterocycles. The van der Waals surface area contributed by atoms with E-state index in [0.29, 0.717) is 22.9 Å². The fraction of sp³-hybridized carbons (Fsp3) is 0.533. The van der Waals surface area contributed by atoms with Crippen LogP contribution >= 0.6 is 0 Å². The Morgan fingerprint density at radius 2 is 2.05 bits per heavy atom. The number of nitrogens with two attached hydrogens (primary N) is 1. The second-order valence-electron chi connectivity index (χ2n) is 5.16. The Labute approximate surface area is 113 Å². The van der Waals surface area contributed by atoms with Crippen molar-refractivity contribution in [3.05, 3.63) is 23.8 Å². The van der Waals surface area contributed by atoms with E-state index in [1.54, 1.807) is 25.3 Å². The number of carbonyl (C=O) groups is 1. The van der Waals surface area contributed by atoms with E-state index in [4.69, 9.17) is 15.2 Å². The Bertz CT molecular complexity index is 459. The highest BCUT2D eigenvalue weighted by Gasteiger charge is 2.25. The number of hydrogen-bond acceptors (Lipinski definition) is 4. The Morgan fingerprint density at radius 3 is 2.68 bits per heavy atom. The molecule has 0 bridgehead atoms. The molecule has 0 spiro atoms. The van der Waals surface area contributed by atoms with Crippen molar-refractivity contribution in [3.63, 3.8) is 0 Å². The highest BCUT2D eigenvalue weighted by atomic mass is 16.5. The molecule has 2 unspecified atom stereocenters. The maximum Gasteiger partial charge on any atom is 0.338 e. The number of methoxy groups -OCH3 is 1. The molecule has 0 radical (unpaired) electrons. The van der Waals surface area contributed by atoms with E-state index in [9.17, 15) is 4.79 Å². The lowest BCUT2D eigenvalue weighted by Crippen LogP contribution is -2.28. The van der Waals surface area contributed by atoms with Crippen LogP contribution in [0.1, 0.15) is 43.0 Å². The number of esters is 1. The van der Waals surface area contributed by atoms with E-state index in [1.165, 1.54) is 6.42 Å². The summed E-state index contributed by atoms with van der Waals surface area (Å²) in [5, 5.41) is 0. The Morgan fingerprint density at radius 1 is 1.32 bits per heavy atom. The van der Waals surface area contributed by atoms with Gasteiger partial charge < -0.3 is 15.2 Å². The van der Waals surface area contributed by atoms with Crippen molar-refractivity contribution in [2.24, 2.45) is 5.92 Å². The zero-order valence-electron chi connectivity index (χ0n) is 11.5. The van der Waals surface area contributed by atoms with Crippen LogP contribution in [0.2, 0.25) is 0 Å². The summed E-state index contributed by atoms with van der Waals surface area (Å²) >= 11 is 0. The van der Waals surface area contributed by atoms with E-state index in [2.05, 4.69) is 6.92 Å². The molecule has 2 atom stereocenters. The van der Waals surface area contributed by atoms with Crippen LogP contribution in [0.4, 0.5) is 5.69 Å². The van der Waals surface area contributed by atoms with Crippen molar-refractivity contribution in [2.45, 2.75) is 38.7 Å². The average molecular weight is 263 g/mol. The number of nitrogen functional groups attached to an aromatic ring is 1. The molecule has 104 valence electrons. The lowest BCUT2D eigenvalue weighted by Gasteiger charge is -2.28. The van der Waals surface area contributed by atoms with Crippen LogP contribution in [-0.4, -0.2) is 19.2 Å². The largest absolute Gasteiger partial charge is 0.495 e. The molecule has 0 aliphatic heterocycles. The van der Waals surface area contributed by atoms with Crippen LogP contribution in [0.5, 0.6) is 5.75 Å². The van der Waals surface area contributed by atoms with E-state index in [-0.39, 0.29) is 12.1 Å². The quantitative estimate of drug-likeness (QED) is 0.672. The van der Waals surface area contributed by atoms with Gasteiger partial charge in [-0.25, -0.2) is 4.79 Å². The molecule has 19 heavy (non-hydrogen) atoms. The first kappa shape index (κ1) is 13.7. The molecular formula is C15H21NO3. The fourth-order valence-corrected chi connectivity index (χ4v) is 2.52. The summed E-state index contributed by atoms with van der Waals surface area (Å²) in [6, 6.07) is 4.98. The average Bonchev–Trinajstić information content (AvgIpc) is 2.41. The van der Waals surface area contributed by atoms with Crippen molar-refractivity contribution in [3.8, 4) is 5.75 Å². The molecule has 0 amide bonds. The zero-order chi connectivity index (χ0) is 13.8. The van der Waals surface area contributed by atoms with Crippen LogP contribution in [0.15, 0.2) is 18.2 Å². The topological polar surface area (TPSA) is 61.5 Å². The molecule has 0 heterocycles. The van der Waals surface area contributed by atoms with Gasteiger partial charge >= 0.3 is 5.97 Å². The first-order valence-corrected chi connectivity index (χ1v) is 6.76. The minimum Gasteiger partial charge on any atom is -0.495 e. The summed E-state index contributed by atoms with van der Waals surface area (Å²) in [5.74, 6) is 0.712. The third-order valence-corrected chi connectivity index (χ3v) is 3.76. The molecular weight excluding hydrogens is 242 g/mol. The summed E-state index contributed by atoms with van der Waals surface area (Å²) in [6.07, 6.45) is 4.48. The van der Waals surface area contributed by atoms with Crippen LogP contribution in [0, 0.1) is 5.92 Å². The molecule has 4 nitrogen and oxygen atoms in total. The first-order chi connectivity index (χ1) is 9.11. The lowest BCUT2D eigenvalue weighted by molar-refractivity contribution is 0.00482. The molecule has 1 aromatic carbocycles.